The third-order valence-electron chi connectivity index (χ3n) is 3.05. The first-order valence-corrected chi connectivity index (χ1v) is 6.58. The van der Waals surface area contributed by atoms with Crippen LogP contribution in [0.15, 0.2) is 16.7 Å². The number of hydrogen-bond donors (Lipinski definition) is 3. The smallest absolute Gasteiger partial charge is 0.254 e. The SMILES string of the molecule is O=C(NCCS)c1ccoc1C1(O)CCOCC1. The molecule has 0 spiro atoms. The molecule has 6 heteroatoms. The van der Waals surface area contributed by atoms with Crippen molar-refractivity contribution in [3.8, 4) is 0 Å². The van der Waals surface area contributed by atoms with Crippen molar-refractivity contribution in [1.82, 2.24) is 5.32 Å². The molecule has 2 heterocycles. The number of carbonyl (C=O) groups is 1. The Labute approximate surface area is 111 Å². The first-order chi connectivity index (χ1) is 8.67. The molecule has 0 radical (unpaired) electrons. The molecule has 1 aliphatic heterocycles. The van der Waals surface area contributed by atoms with Crippen LogP contribution in [0, 0.1) is 0 Å². The Morgan fingerprint density at radius 3 is 2.89 bits per heavy atom. The van der Waals surface area contributed by atoms with E-state index in [9.17, 15) is 9.90 Å². The minimum atomic E-state index is -1.10. The van der Waals surface area contributed by atoms with E-state index >= 15 is 0 Å². The lowest BCUT2D eigenvalue weighted by Gasteiger charge is -2.30. The topological polar surface area (TPSA) is 71.7 Å². The van der Waals surface area contributed by atoms with Gasteiger partial charge in [-0.2, -0.15) is 12.6 Å². The molecule has 0 aliphatic carbocycles. The first kappa shape index (κ1) is 13.5. The van der Waals surface area contributed by atoms with Gasteiger partial charge in [0.15, 0.2) is 0 Å². The molecule has 1 aromatic heterocycles. The van der Waals surface area contributed by atoms with Gasteiger partial charge in [-0.1, -0.05) is 0 Å². The summed E-state index contributed by atoms with van der Waals surface area (Å²) in [6, 6.07) is 1.58. The van der Waals surface area contributed by atoms with Crippen LogP contribution in [0.25, 0.3) is 0 Å². The van der Waals surface area contributed by atoms with Crippen LogP contribution < -0.4 is 5.32 Å². The fourth-order valence-electron chi connectivity index (χ4n) is 2.05. The monoisotopic (exact) mass is 271 g/mol. The zero-order chi connectivity index (χ0) is 13.0. The van der Waals surface area contributed by atoms with E-state index in [1.165, 1.54) is 6.26 Å². The highest BCUT2D eigenvalue weighted by molar-refractivity contribution is 7.80. The van der Waals surface area contributed by atoms with Crippen molar-refractivity contribution in [2.45, 2.75) is 18.4 Å². The van der Waals surface area contributed by atoms with E-state index < -0.39 is 5.60 Å². The summed E-state index contributed by atoms with van der Waals surface area (Å²) in [6.45, 7) is 1.41. The lowest BCUT2D eigenvalue weighted by Crippen LogP contribution is -2.36. The first-order valence-electron chi connectivity index (χ1n) is 5.94. The third kappa shape index (κ3) is 2.71. The van der Waals surface area contributed by atoms with E-state index in [4.69, 9.17) is 9.15 Å². The average Bonchev–Trinajstić information content (AvgIpc) is 2.87. The van der Waals surface area contributed by atoms with Gasteiger partial charge in [0.2, 0.25) is 0 Å². The van der Waals surface area contributed by atoms with E-state index in [0.717, 1.165) is 0 Å². The van der Waals surface area contributed by atoms with Crippen molar-refractivity contribution in [2.24, 2.45) is 0 Å². The molecule has 0 unspecified atom stereocenters. The summed E-state index contributed by atoms with van der Waals surface area (Å²) in [5, 5.41) is 13.2. The molecule has 100 valence electrons. The summed E-state index contributed by atoms with van der Waals surface area (Å²) in [7, 11) is 0. The second-order valence-corrected chi connectivity index (χ2v) is 4.73. The van der Waals surface area contributed by atoms with Crippen LogP contribution in [0.4, 0.5) is 0 Å². The van der Waals surface area contributed by atoms with E-state index in [0.29, 0.717) is 49.7 Å². The Morgan fingerprint density at radius 1 is 1.50 bits per heavy atom. The molecule has 5 nitrogen and oxygen atoms in total. The van der Waals surface area contributed by atoms with Crippen molar-refractivity contribution < 1.29 is 19.1 Å². The van der Waals surface area contributed by atoms with Crippen LogP contribution in [0.5, 0.6) is 0 Å². The quantitative estimate of drug-likeness (QED) is 0.713. The summed E-state index contributed by atoms with van der Waals surface area (Å²) < 4.78 is 10.5. The predicted octanol–water partition coefficient (Wildman–Crippen LogP) is 0.937. The lowest BCUT2D eigenvalue weighted by atomic mass is 9.89. The van der Waals surface area contributed by atoms with Crippen LogP contribution in [-0.2, 0) is 10.3 Å². The summed E-state index contributed by atoms with van der Waals surface area (Å²) in [5.41, 5.74) is -0.712. The van der Waals surface area contributed by atoms with Crippen LogP contribution >= 0.6 is 12.6 Å². The molecule has 1 amide bonds. The highest BCUT2D eigenvalue weighted by atomic mass is 32.1. The number of thiol groups is 1. The second kappa shape index (κ2) is 5.77. The molecule has 0 bridgehead atoms. The number of furan rings is 1. The number of nitrogens with one attached hydrogen (secondary N) is 1. The van der Waals surface area contributed by atoms with Crippen LogP contribution in [0.3, 0.4) is 0 Å². The molecular formula is C12H17NO4S. The largest absolute Gasteiger partial charge is 0.465 e. The Hall–Kier alpha value is -0.980. The molecule has 0 atom stereocenters. The molecule has 1 aromatic rings. The average molecular weight is 271 g/mol. The van der Waals surface area contributed by atoms with Gasteiger partial charge in [0.1, 0.15) is 11.4 Å². The number of rotatable bonds is 4. The zero-order valence-electron chi connectivity index (χ0n) is 10.0. The van der Waals surface area contributed by atoms with E-state index in [1.807, 2.05) is 0 Å². The molecule has 1 aliphatic rings. The summed E-state index contributed by atoms with van der Waals surface area (Å²) in [4.78, 5) is 11.9. The third-order valence-corrected chi connectivity index (χ3v) is 3.27. The van der Waals surface area contributed by atoms with Gasteiger partial charge in [-0.3, -0.25) is 4.79 Å². The fraction of sp³-hybridized carbons (Fsp3) is 0.583. The molecule has 0 saturated carbocycles. The van der Waals surface area contributed by atoms with Crippen molar-refractivity contribution >= 4 is 18.5 Å². The highest BCUT2D eigenvalue weighted by Gasteiger charge is 2.38. The van der Waals surface area contributed by atoms with Gasteiger partial charge in [0, 0.05) is 38.4 Å². The number of amides is 1. The fourth-order valence-corrected chi connectivity index (χ4v) is 2.16. The molecule has 1 saturated heterocycles. The maximum atomic E-state index is 11.9. The van der Waals surface area contributed by atoms with Crippen LogP contribution in [-0.4, -0.2) is 36.5 Å². The maximum Gasteiger partial charge on any atom is 0.254 e. The van der Waals surface area contributed by atoms with Gasteiger partial charge in [-0.25, -0.2) is 0 Å². The molecule has 1 fully saturated rings. The number of aliphatic hydroxyl groups is 1. The molecule has 2 rings (SSSR count). The zero-order valence-corrected chi connectivity index (χ0v) is 10.9. The van der Waals surface area contributed by atoms with Gasteiger partial charge in [-0.15, -0.1) is 0 Å². The normalized spacial score (nSPS) is 18.6. The molecule has 18 heavy (non-hydrogen) atoms. The second-order valence-electron chi connectivity index (χ2n) is 4.29. The van der Waals surface area contributed by atoms with Crippen molar-refractivity contribution in [2.75, 3.05) is 25.5 Å². The van der Waals surface area contributed by atoms with E-state index in [1.54, 1.807) is 6.07 Å². The van der Waals surface area contributed by atoms with Gasteiger partial charge in [0.25, 0.3) is 5.91 Å². The summed E-state index contributed by atoms with van der Waals surface area (Å²) >= 11 is 4.03. The minimum Gasteiger partial charge on any atom is -0.465 e. The Morgan fingerprint density at radius 2 is 2.22 bits per heavy atom. The van der Waals surface area contributed by atoms with Crippen molar-refractivity contribution in [3.63, 3.8) is 0 Å². The molecule has 0 aromatic carbocycles. The standard InChI is InChI=1S/C12H17NO4S/c14-11(13-4-8-18)9-1-5-17-10(9)12(15)2-6-16-7-3-12/h1,5,15,18H,2-4,6-8H2,(H,13,14). The van der Waals surface area contributed by atoms with Gasteiger partial charge in [0.05, 0.1) is 11.8 Å². The van der Waals surface area contributed by atoms with Crippen molar-refractivity contribution in [3.05, 3.63) is 23.7 Å². The van der Waals surface area contributed by atoms with Gasteiger partial charge >= 0.3 is 0 Å². The predicted molar refractivity (Wildman–Crippen MR) is 68.8 cm³/mol. The minimum absolute atomic E-state index is 0.243. The molecular weight excluding hydrogens is 254 g/mol. The Balaban J connectivity index is 2.18. The maximum absolute atomic E-state index is 11.9. The van der Waals surface area contributed by atoms with E-state index in [-0.39, 0.29) is 5.91 Å². The lowest BCUT2D eigenvalue weighted by molar-refractivity contribution is -0.0804. The Kier molecular flexibility index (Phi) is 4.31. The number of carbonyl (C=O) groups excluding carboxylic acids is 1. The van der Waals surface area contributed by atoms with Crippen molar-refractivity contribution in [1.29, 1.82) is 0 Å². The van der Waals surface area contributed by atoms with E-state index in [2.05, 4.69) is 17.9 Å². The number of ether oxygens (including phenoxy) is 1. The van der Waals surface area contributed by atoms with Crippen LogP contribution in [0.1, 0.15) is 29.0 Å². The van der Waals surface area contributed by atoms with Gasteiger partial charge < -0.3 is 19.6 Å². The summed E-state index contributed by atoms with van der Waals surface area (Å²) in [5.74, 6) is 0.659. The highest BCUT2D eigenvalue weighted by Crippen LogP contribution is 2.34. The number of hydrogen-bond acceptors (Lipinski definition) is 5. The van der Waals surface area contributed by atoms with Gasteiger partial charge in [-0.05, 0) is 6.07 Å². The summed E-state index contributed by atoms with van der Waals surface area (Å²) in [6.07, 6.45) is 2.30. The van der Waals surface area contributed by atoms with Crippen LogP contribution in [0.2, 0.25) is 0 Å². The molecule has 2 N–H and O–H groups in total. The Bertz CT molecular complexity index is 412.